The van der Waals surface area contributed by atoms with Gasteiger partial charge in [0, 0.05) is 32.7 Å². The van der Waals surface area contributed by atoms with Gasteiger partial charge in [0.25, 0.3) is 0 Å². The number of ether oxygens (including phenoxy) is 2. The quantitative estimate of drug-likeness (QED) is 0.322. The number of nitrogens with one attached hydrogen (secondary N) is 3. The second-order valence-corrected chi connectivity index (χ2v) is 9.46. The van der Waals surface area contributed by atoms with E-state index >= 15 is 0 Å². The Labute approximate surface area is 182 Å². The molecule has 4 N–H and O–H groups in total. The molecule has 9 nitrogen and oxygen atoms in total. The molecule has 0 spiro atoms. The molecule has 1 rings (SSSR count). The van der Waals surface area contributed by atoms with Crippen LogP contribution in [-0.4, -0.2) is 91.8 Å². The normalized spacial score (nSPS) is 19.2. The number of aliphatic hydroxyl groups is 1. The molecule has 9 heteroatoms. The van der Waals surface area contributed by atoms with Gasteiger partial charge in [0.2, 0.25) is 0 Å². The lowest BCUT2D eigenvalue weighted by molar-refractivity contribution is -0.0180. The summed E-state index contributed by atoms with van der Waals surface area (Å²) in [5.41, 5.74) is -1.48. The van der Waals surface area contributed by atoms with Gasteiger partial charge < -0.3 is 30.5 Å². The summed E-state index contributed by atoms with van der Waals surface area (Å²) in [6.45, 7) is 18.5. The molecule has 0 aromatic rings. The van der Waals surface area contributed by atoms with Crippen LogP contribution in [0.2, 0.25) is 0 Å². The van der Waals surface area contributed by atoms with Gasteiger partial charge in [0.15, 0.2) is 5.96 Å². The first-order chi connectivity index (χ1) is 13.9. The third-order valence-corrected chi connectivity index (χ3v) is 4.59. The van der Waals surface area contributed by atoms with Crippen LogP contribution in [0.15, 0.2) is 4.99 Å². The van der Waals surface area contributed by atoms with Crippen molar-refractivity contribution in [3.8, 4) is 0 Å². The van der Waals surface area contributed by atoms with Gasteiger partial charge in [0.1, 0.15) is 5.60 Å². The van der Waals surface area contributed by atoms with Gasteiger partial charge in [-0.1, -0.05) is 13.8 Å². The second-order valence-electron chi connectivity index (χ2n) is 9.46. The minimum absolute atomic E-state index is 0.127. The molecule has 0 aromatic carbocycles. The highest BCUT2D eigenvalue weighted by molar-refractivity contribution is 5.80. The second kappa shape index (κ2) is 12.3. The zero-order valence-electron chi connectivity index (χ0n) is 19.9. The summed E-state index contributed by atoms with van der Waals surface area (Å²) in [7, 11) is 0. The van der Waals surface area contributed by atoms with E-state index in [2.05, 4.69) is 25.8 Å². The molecule has 1 amide bonds. The Hall–Kier alpha value is -1.58. The number of β-amino-alcohol motifs (C(OH)–C–C–N with tert-alkyl or cyclic N) is 1. The first-order valence-corrected chi connectivity index (χ1v) is 11.0. The van der Waals surface area contributed by atoms with Crippen LogP contribution < -0.4 is 16.0 Å². The third kappa shape index (κ3) is 11.6. The molecule has 2 atom stereocenters. The summed E-state index contributed by atoms with van der Waals surface area (Å²) < 4.78 is 10.7. The van der Waals surface area contributed by atoms with Gasteiger partial charge in [-0.05, 0) is 40.5 Å². The van der Waals surface area contributed by atoms with E-state index in [4.69, 9.17) is 9.47 Å². The van der Waals surface area contributed by atoms with Crippen LogP contribution in [0.5, 0.6) is 0 Å². The fourth-order valence-corrected chi connectivity index (χ4v) is 3.00. The highest BCUT2D eigenvalue weighted by Crippen LogP contribution is 2.10. The number of hydrogen-bond donors (Lipinski definition) is 4. The highest BCUT2D eigenvalue weighted by atomic mass is 16.6. The maximum Gasteiger partial charge on any atom is 0.407 e. The molecular weight excluding hydrogens is 386 g/mol. The van der Waals surface area contributed by atoms with Gasteiger partial charge in [-0.25, -0.2) is 4.79 Å². The molecule has 0 bridgehead atoms. The van der Waals surface area contributed by atoms with Crippen molar-refractivity contribution >= 4 is 12.1 Å². The molecule has 1 aliphatic heterocycles. The maximum absolute atomic E-state index is 12.1. The predicted molar refractivity (Wildman–Crippen MR) is 120 cm³/mol. The number of carbonyl (C=O) groups is 1. The zero-order valence-corrected chi connectivity index (χ0v) is 19.9. The number of rotatable bonds is 9. The summed E-state index contributed by atoms with van der Waals surface area (Å²) in [5, 5.41) is 20.1. The monoisotopic (exact) mass is 429 g/mol. The summed E-state index contributed by atoms with van der Waals surface area (Å²) >= 11 is 0. The number of alkyl carbamates (subject to hydrolysis) is 1. The van der Waals surface area contributed by atoms with E-state index < -0.39 is 17.3 Å². The van der Waals surface area contributed by atoms with Gasteiger partial charge >= 0.3 is 6.09 Å². The number of nitrogens with zero attached hydrogens (tertiary/aromatic N) is 2. The molecule has 30 heavy (non-hydrogen) atoms. The van der Waals surface area contributed by atoms with Crippen LogP contribution in [-0.2, 0) is 9.47 Å². The van der Waals surface area contributed by atoms with Gasteiger partial charge in [-0.3, -0.25) is 9.89 Å². The summed E-state index contributed by atoms with van der Waals surface area (Å²) in [4.78, 5) is 18.9. The summed E-state index contributed by atoms with van der Waals surface area (Å²) in [6.07, 6.45) is -0.432. The zero-order chi connectivity index (χ0) is 22.8. The minimum Gasteiger partial charge on any atom is -0.444 e. The van der Waals surface area contributed by atoms with Crippen molar-refractivity contribution < 1.29 is 19.4 Å². The van der Waals surface area contributed by atoms with Crippen molar-refractivity contribution in [2.45, 2.75) is 65.7 Å². The number of hydrogen-bond acceptors (Lipinski definition) is 6. The van der Waals surface area contributed by atoms with Gasteiger partial charge in [0.05, 0.1) is 31.4 Å². The topological polar surface area (TPSA) is 107 Å². The summed E-state index contributed by atoms with van der Waals surface area (Å²) in [5.74, 6) is 0.814. The Bertz CT molecular complexity index is 540. The SMILES string of the molecule is CCNC(=NCC(C)(O)CN1CCOCC1)NCC(NC(=O)OC(C)(C)C)C(C)C. The molecule has 1 saturated heterocycles. The van der Waals surface area contributed by atoms with E-state index in [1.165, 1.54) is 0 Å². The fourth-order valence-electron chi connectivity index (χ4n) is 3.00. The first kappa shape index (κ1) is 26.5. The van der Waals surface area contributed by atoms with E-state index in [1.54, 1.807) is 6.92 Å². The Morgan fingerprint density at radius 2 is 1.83 bits per heavy atom. The molecule has 1 fully saturated rings. The number of guanidine groups is 1. The fraction of sp³-hybridized carbons (Fsp3) is 0.905. The van der Waals surface area contributed by atoms with E-state index in [0.29, 0.717) is 38.8 Å². The smallest absolute Gasteiger partial charge is 0.407 e. The highest BCUT2D eigenvalue weighted by Gasteiger charge is 2.26. The van der Waals surface area contributed by atoms with Crippen molar-refractivity contribution in [2.75, 3.05) is 52.5 Å². The Morgan fingerprint density at radius 3 is 2.37 bits per heavy atom. The van der Waals surface area contributed by atoms with Crippen molar-refractivity contribution in [3.63, 3.8) is 0 Å². The summed E-state index contributed by atoms with van der Waals surface area (Å²) in [6, 6.07) is -0.127. The average Bonchev–Trinajstić information content (AvgIpc) is 2.61. The lowest BCUT2D eigenvalue weighted by atomic mass is 10.0. The van der Waals surface area contributed by atoms with Crippen molar-refractivity contribution in [3.05, 3.63) is 0 Å². The molecule has 0 saturated carbocycles. The Balaban J connectivity index is 2.63. The Morgan fingerprint density at radius 1 is 1.20 bits per heavy atom. The largest absolute Gasteiger partial charge is 0.444 e. The predicted octanol–water partition coefficient (Wildman–Crippen LogP) is 1.17. The van der Waals surface area contributed by atoms with E-state index in [1.807, 2.05) is 41.5 Å². The maximum atomic E-state index is 12.1. The number of carbonyl (C=O) groups excluding carboxylic acids is 1. The molecule has 2 unspecified atom stereocenters. The molecule has 0 radical (unpaired) electrons. The lowest BCUT2D eigenvalue weighted by Crippen LogP contribution is -2.51. The van der Waals surface area contributed by atoms with Crippen LogP contribution in [0.3, 0.4) is 0 Å². The van der Waals surface area contributed by atoms with E-state index in [0.717, 1.165) is 13.1 Å². The van der Waals surface area contributed by atoms with Gasteiger partial charge in [-0.15, -0.1) is 0 Å². The van der Waals surface area contributed by atoms with Crippen LogP contribution in [0.4, 0.5) is 4.79 Å². The van der Waals surface area contributed by atoms with Crippen molar-refractivity contribution in [1.29, 1.82) is 0 Å². The lowest BCUT2D eigenvalue weighted by Gasteiger charge is -2.33. The Kier molecular flexibility index (Phi) is 10.9. The number of amides is 1. The molecule has 176 valence electrons. The molecule has 0 aromatic heterocycles. The molecular formula is C21H43N5O4. The standard InChI is InChI=1S/C21H43N5O4/c1-8-22-18(24-14-21(7,28)15-26-9-11-29-12-10-26)23-13-17(16(2)3)25-19(27)30-20(4,5)6/h16-17,28H,8-15H2,1-7H3,(H,25,27)(H2,22,23,24). The van der Waals surface area contributed by atoms with Crippen molar-refractivity contribution in [1.82, 2.24) is 20.9 Å². The average molecular weight is 430 g/mol. The van der Waals surface area contributed by atoms with Crippen molar-refractivity contribution in [2.24, 2.45) is 10.9 Å². The number of aliphatic imine (C=N–C) groups is 1. The van der Waals surface area contributed by atoms with E-state index in [9.17, 15) is 9.90 Å². The van der Waals surface area contributed by atoms with Gasteiger partial charge in [-0.2, -0.15) is 0 Å². The van der Waals surface area contributed by atoms with Crippen LogP contribution in [0, 0.1) is 5.92 Å². The number of morpholine rings is 1. The van der Waals surface area contributed by atoms with Crippen LogP contribution in [0.25, 0.3) is 0 Å². The van der Waals surface area contributed by atoms with Crippen LogP contribution in [0.1, 0.15) is 48.5 Å². The van der Waals surface area contributed by atoms with Crippen LogP contribution >= 0.6 is 0 Å². The molecule has 1 heterocycles. The first-order valence-electron chi connectivity index (χ1n) is 11.0. The molecule has 1 aliphatic rings. The third-order valence-electron chi connectivity index (χ3n) is 4.59. The van der Waals surface area contributed by atoms with E-state index in [-0.39, 0.29) is 18.5 Å². The minimum atomic E-state index is -0.939. The molecule has 0 aliphatic carbocycles.